The van der Waals surface area contributed by atoms with Crippen molar-refractivity contribution < 1.29 is 9.53 Å². The number of aryl methyl sites for hydroxylation is 1. The highest BCUT2D eigenvalue weighted by atomic mass is 79.9. The minimum absolute atomic E-state index is 0.0332. The van der Waals surface area contributed by atoms with Gasteiger partial charge in [0.15, 0.2) is 0 Å². The van der Waals surface area contributed by atoms with Gasteiger partial charge in [0.25, 0.3) is 5.91 Å². The van der Waals surface area contributed by atoms with Crippen LogP contribution in [0.2, 0.25) is 0 Å². The van der Waals surface area contributed by atoms with Crippen LogP contribution < -0.4 is 5.32 Å². The average molecular weight is 328 g/mol. The topological polar surface area (TPSA) is 38.3 Å². The van der Waals surface area contributed by atoms with Crippen molar-refractivity contribution in [3.63, 3.8) is 0 Å². The van der Waals surface area contributed by atoms with Crippen LogP contribution >= 0.6 is 15.9 Å². The summed E-state index contributed by atoms with van der Waals surface area (Å²) in [4.78, 5) is 12.3. The van der Waals surface area contributed by atoms with Gasteiger partial charge in [-0.15, -0.1) is 0 Å². The zero-order valence-corrected chi connectivity index (χ0v) is 13.6. The predicted molar refractivity (Wildman–Crippen MR) is 81.5 cm³/mol. The zero-order valence-electron chi connectivity index (χ0n) is 12.0. The van der Waals surface area contributed by atoms with Crippen LogP contribution in [0.3, 0.4) is 0 Å². The highest BCUT2D eigenvalue weighted by Crippen LogP contribution is 2.16. The third kappa shape index (κ3) is 4.96. The van der Waals surface area contributed by atoms with E-state index >= 15 is 0 Å². The quantitative estimate of drug-likeness (QED) is 0.867. The fourth-order valence-electron chi connectivity index (χ4n) is 1.73. The predicted octanol–water partition coefficient (Wildman–Crippen LogP) is 3.55. The molecule has 0 heterocycles. The van der Waals surface area contributed by atoms with Gasteiger partial charge in [-0.2, -0.15) is 0 Å². The Morgan fingerprint density at radius 2 is 2.11 bits per heavy atom. The Labute approximate surface area is 123 Å². The van der Waals surface area contributed by atoms with Crippen LogP contribution in [0, 0.1) is 12.8 Å². The number of carbonyl (C=O) groups excluding carboxylic acids is 1. The lowest BCUT2D eigenvalue weighted by atomic mass is 10.0. The molecule has 0 saturated heterocycles. The first kappa shape index (κ1) is 16.2. The lowest BCUT2D eigenvalue weighted by molar-refractivity contribution is 0.0805. The monoisotopic (exact) mass is 327 g/mol. The summed E-state index contributed by atoms with van der Waals surface area (Å²) in [6, 6.07) is 5.76. The molecule has 19 heavy (non-hydrogen) atoms. The Morgan fingerprint density at radius 1 is 1.42 bits per heavy atom. The normalized spacial score (nSPS) is 12.5. The van der Waals surface area contributed by atoms with Crippen molar-refractivity contribution in [2.75, 3.05) is 13.2 Å². The Kier molecular flexibility index (Phi) is 6.52. The van der Waals surface area contributed by atoms with Gasteiger partial charge in [-0.05, 0) is 37.5 Å². The minimum atomic E-state index is -0.0443. The molecule has 1 unspecified atom stereocenters. The van der Waals surface area contributed by atoms with E-state index in [1.54, 1.807) is 0 Å². The average Bonchev–Trinajstić information content (AvgIpc) is 2.36. The van der Waals surface area contributed by atoms with Gasteiger partial charge in [-0.1, -0.05) is 35.8 Å². The molecule has 1 rings (SSSR count). The van der Waals surface area contributed by atoms with Crippen molar-refractivity contribution in [1.29, 1.82) is 0 Å². The maximum atomic E-state index is 12.3. The molecule has 1 N–H and O–H groups in total. The maximum absolute atomic E-state index is 12.3. The van der Waals surface area contributed by atoms with Gasteiger partial charge in [-0.25, -0.2) is 0 Å². The molecule has 1 aromatic rings. The molecule has 1 amide bonds. The molecular weight excluding hydrogens is 306 g/mol. The van der Waals surface area contributed by atoms with Gasteiger partial charge >= 0.3 is 0 Å². The molecule has 0 aromatic heterocycles. The van der Waals surface area contributed by atoms with Crippen LogP contribution in [0.5, 0.6) is 0 Å². The number of rotatable bonds is 6. The second-order valence-electron chi connectivity index (χ2n) is 4.94. The lowest BCUT2D eigenvalue weighted by Crippen LogP contribution is -2.42. The van der Waals surface area contributed by atoms with Gasteiger partial charge < -0.3 is 10.1 Å². The summed E-state index contributed by atoms with van der Waals surface area (Å²) in [5.74, 6) is 0.292. The Balaban J connectivity index is 2.78. The molecule has 0 bridgehead atoms. The second-order valence-corrected chi connectivity index (χ2v) is 5.86. The van der Waals surface area contributed by atoms with E-state index in [1.165, 1.54) is 0 Å². The van der Waals surface area contributed by atoms with Crippen molar-refractivity contribution in [1.82, 2.24) is 5.32 Å². The smallest absolute Gasteiger partial charge is 0.251 e. The third-order valence-electron chi connectivity index (χ3n) is 3.07. The fourth-order valence-corrected chi connectivity index (χ4v) is 2.09. The van der Waals surface area contributed by atoms with Crippen LogP contribution in [-0.4, -0.2) is 25.2 Å². The third-order valence-corrected chi connectivity index (χ3v) is 3.56. The van der Waals surface area contributed by atoms with Gasteiger partial charge in [-0.3, -0.25) is 4.79 Å². The number of nitrogens with one attached hydrogen (secondary N) is 1. The largest absolute Gasteiger partial charge is 0.380 e. The van der Waals surface area contributed by atoms with Gasteiger partial charge in [0.1, 0.15) is 0 Å². The molecule has 0 aliphatic heterocycles. The number of carbonyl (C=O) groups is 1. The number of benzene rings is 1. The number of halogens is 1. The lowest BCUT2D eigenvalue weighted by Gasteiger charge is -2.22. The molecular formula is C15H22BrNO2. The number of ether oxygens (including phenoxy) is 1. The second kappa shape index (κ2) is 7.65. The molecule has 0 aliphatic rings. The number of hydrogen-bond donors (Lipinski definition) is 1. The van der Waals surface area contributed by atoms with E-state index in [0.717, 1.165) is 10.0 Å². The minimum Gasteiger partial charge on any atom is -0.380 e. The summed E-state index contributed by atoms with van der Waals surface area (Å²) in [5.41, 5.74) is 1.68. The zero-order chi connectivity index (χ0) is 14.4. The SMILES string of the molecule is CCOCC(NC(=O)c1cc(Br)ccc1C)C(C)C. The van der Waals surface area contributed by atoms with Crippen LogP contribution in [0.1, 0.15) is 36.7 Å². The van der Waals surface area contributed by atoms with E-state index in [1.807, 2.05) is 32.0 Å². The summed E-state index contributed by atoms with van der Waals surface area (Å²) < 4.78 is 6.33. The molecule has 3 nitrogen and oxygen atoms in total. The molecule has 106 valence electrons. The van der Waals surface area contributed by atoms with E-state index in [4.69, 9.17) is 4.74 Å². The number of hydrogen-bond acceptors (Lipinski definition) is 2. The summed E-state index contributed by atoms with van der Waals surface area (Å²) in [7, 11) is 0. The molecule has 0 saturated carbocycles. The summed E-state index contributed by atoms with van der Waals surface area (Å²) >= 11 is 3.40. The molecule has 0 spiro atoms. The highest BCUT2D eigenvalue weighted by Gasteiger charge is 2.18. The van der Waals surface area contributed by atoms with Crippen LogP contribution in [-0.2, 0) is 4.74 Å². The van der Waals surface area contributed by atoms with E-state index in [0.29, 0.717) is 24.7 Å². The molecule has 0 aliphatic carbocycles. The van der Waals surface area contributed by atoms with Crippen molar-refractivity contribution >= 4 is 21.8 Å². The summed E-state index contributed by atoms with van der Waals surface area (Å²) in [5, 5.41) is 3.05. The van der Waals surface area contributed by atoms with E-state index in [2.05, 4.69) is 35.1 Å². The van der Waals surface area contributed by atoms with Gasteiger partial charge in [0, 0.05) is 16.6 Å². The van der Waals surface area contributed by atoms with Crippen molar-refractivity contribution in [2.24, 2.45) is 5.92 Å². The van der Waals surface area contributed by atoms with Gasteiger partial charge in [0.2, 0.25) is 0 Å². The molecule has 4 heteroatoms. The number of amides is 1. The molecule has 0 radical (unpaired) electrons. The first-order chi connectivity index (χ1) is 8.95. The molecule has 0 fully saturated rings. The molecule has 1 atom stereocenters. The van der Waals surface area contributed by atoms with E-state index < -0.39 is 0 Å². The Morgan fingerprint density at radius 3 is 2.68 bits per heavy atom. The first-order valence-electron chi connectivity index (χ1n) is 6.60. The van der Waals surface area contributed by atoms with Crippen LogP contribution in [0.15, 0.2) is 22.7 Å². The molecule has 1 aromatic carbocycles. The van der Waals surface area contributed by atoms with Crippen molar-refractivity contribution in [3.05, 3.63) is 33.8 Å². The fraction of sp³-hybridized carbons (Fsp3) is 0.533. The van der Waals surface area contributed by atoms with Gasteiger partial charge in [0.05, 0.1) is 12.6 Å². The maximum Gasteiger partial charge on any atom is 0.251 e. The van der Waals surface area contributed by atoms with Crippen molar-refractivity contribution in [2.45, 2.75) is 33.7 Å². The summed E-state index contributed by atoms with van der Waals surface area (Å²) in [6.45, 7) is 9.27. The Bertz CT molecular complexity index is 432. The van der Waals surface area contributed by atoms with E-state index in [-0.39, 0.29) is 11.9 Å². The standard InChI is InChI=1S/C15H22BrNO2/c1-5-19-9-14(10(2)3)17-15(18)13-8-12(16)7-6-11(13)4/h6-8,10,14H,5,9H2,1-4H3,(H,17,18). The summed E-state index contributed by atoms with van der Waals surface area (Å²) in [6.07, 6.45) is 0. The Hall–Kier alpha value is -0.870. The van der Waals surface area contributed by atoms with Crippen molar-refractivity contribution in [3.8, 4) is 0 Å². The van der Waals surface area contributed by atoms with E-state index in [9.17, 15) is 4.79 Å². The highest BCUT2D eigenvalue weighted by molar-refractivity contribution is 9.10. The first-order valence-corrected chi connectivity index (χ1v) is 7.39. The van der Waals surface area contributed by atoms with Crippen LogP contribution in [0.25, 0.3) is 0 Å². The van der Waals surface area contributed by atoms with Crippen LogP contribution in [0.4, 0.5) is 0 Å².